The standard InChI is InChI=1S/C23H35N3O3/c1-3-5-6-7-8-9-10-11-12-13-18-29-20-16-14-19(15-17-20)21-22(25-26-24-21)23(27)28-4-2/h14-17H,3-13,18H2,1-2H3,(H,24,25,26). The minimum absolute atomic E-state index is 0.200. The lowest BCUT2D eigenvalue weighted by Crippen LogP contribution is -2.06. The Labute approximate surface area is 174 Å². The number of H-pyrrole nitrogens is 1. The number of hydrogen-bond acceptors (Lipinski definition) is 5. The predicted octanol–water partition coefficient (Wildman–Crippen LogP) is 5.95. The number of hydrogen-bond donors (Lipinski definition) is 1. The van der Waals surface area contributed by atoms with Gasteiger partial charge in [-0.05, 0) is 37.6 Å². The first-order chi connectivity index (χ1) is 14.3. The molecule has 6 nitrogen and oxygen atoms in total. The number of unbranched alkanes of at least 4 members (excludes halogenated alkanes) is 9. The summed E-state index contributed by atoms with van der Waals surface area (Å²) in [4.78, 5) is 11.9. The molecule has 0 atom stereocenters. The third-order valence-corrected chi connectivity index (χ3v) is 4.91. The SMILES string of the molecule is CCCCCCCCCCCCOc1ccc(-c2n[nH]nc2C(=O)OCC)cc1. The molecular formula is C23H35N3O3. The fourth-order valence-electron chi connectivity index (χ4n) is 3.26. The lowest BCUT2D eigenvalue weighted by molar-refractivity contribution is 0.0520. The maximum absolute atomic E-state index is 11.9. The minimum atomic E-state index is -0.475. The van der Waals surface area contributed by atoms with Crippen molar-refractivity contribution in [1.82, 2.24) is 15.4 Å². The summed E-state index contributed by atoms with van der Waals surface area (Å²) in [6.45, 7) is 5.05. The quantitative estimate of drug-likeness (QED) is 0.295. The molecule has 0 saturated heterocycles. The molecule has 0 aliphatic rings. The van der Waals surface area contributed by atoms with Crippen molar-refractivity contribution in [2.45, 2.75) is 78.1 Å². The number of nitrogens with one attached hydrogen (secondary N) is 1. The smallest absolute Gasteiger partial charge is 0.361 e. The zero-order chi connectivity index (χ0) is 20.7. The summed E-state index contributed by atoms with van der Waals surface area (Å²) in [5.74, 6) is 0.350. The van der Waals surface area contributed by atoms with E-state index in [0.29, 0.717) is 12.3 Å². The predicted molar refractivity (Wildman–Crippen MR) is 115 cm³/mol. The Bertz CT molecular complexity index is 698. The fraction of sp³-hybridized carbons (Fsp3) is 0.609. The summed E-state index contributed by atoms with van der Waals surface area (Å²) in [6.07, 6.45) is 13.1. The maximum Gasteiger partial charge on any atom is 0.361 e. The van der Waals surface area contributed by atoms with Crippen LogP contribution in [-0.4, -0.2) is 34.6 Å². The number of ether oxygens (including phenoxy) is 2. The second kappa shape index (κ2) is 13.7. The van der Waals surface area contributed by atoms with E-state index in [0.717, 1.165) is 24.3 Å². The molecular weight excluding hydrogens is 366 g/mol. The number of carbonyl (C=O) groups is 1. The van der Waals surface area contributed by atoms with Crippen molar-refractivity contribution >= 4 is 5.97 Å². The third kappa shape index (κ3) is 8.26. The molecule has 1 aromatic carbocycles. The molecule has 0 fully saturated rings. The van der Waals surface area contributed by atoms with Crippen LogP contribution in [0.2, 0.25) is 0 Å². The van der Waals surface area contributed by atoms with Gasteiger partial charge in [0.2, 0.25) is 0 Å². The molecule has 1 heterocycles. The summed E-state index contributed by atoms with van der Waals surface area (Å²) >= 11 is 0. The van der Waals surface area contributed by atoms with Crippen LogP contribution >= 0.6 is 0 Å². The van der Waals surface area contributed by atoms with Gasteiger partial charge in [0.1, 0.15) is 11.4 Å². The summed E-state index contributed by atoms with van der Waals surface area (Å²) in [6, 6.07) is 7.56. The van der Waals surface area contributed by atoms with Crippen LogP contribution in [-0.2, 0) is 4.74 Å². The third-order valence-electron chi connectivity index (χ3n) is 4.91. The monoisotopic (exact) mass is 401 g/mol. The Balaban J connectivity index is 1.64. The lowest BCUT2D eigenvalue weighted by atomic mass is 10.1. The fourth-order valence-corrected chi connectivity index (χ4v) is 3.26. The van der Waals surface area contributed by atoms with Gasteiger partial charge >= 0.3 is 5.97 Å². The van der Waals surface area contributed by atoms with E-state index < -0.39 is 5.97 Å². The van der Waals surface area contributed by atoms with E-state index in [1.54, 1.807) is 6.92 Å². The van der Waals surface area contributed by atoms with Gasteiger partial charge in [0.05, 0.1) is 13.2 Å². The first kappa shape index (κ1) is 22.9. The average Bonchev–Trinajstić information content (AvgIpc) is 3.23. The van der Waals surface area contributed by atoms with E-state index in [9.17, 15) is 4.79 Å². The molecule has 0 bridgehead atoms. The number of benzene rings is 1. The van der Waals surface area contributed by atoms with Crippen molar-refractivity contribution in [3.8, 4) is 17.0 Å². The Morgan fingerprint density at radius 2 is 1.48 bits per heavy atom. The van der Waals surface area contributed by atoms with Gasteiger partial charge in [0.15, 0.2) is 5.69 Å². The number of carbonyl (C=O) groups excluding carboxylic acids is 1. The van der Waals surface area contributed by atoms with Gasteiger partial charge < -0.3 is 9.47 Å². The van der Waals surface area contributed by atoms with Crippen molar-refractivity contribution in [2.24, 2.45) is 0 Å². The molecule has 0 aliphatic carbocycles. The second-order valence-corrected chi connectivity index (χ2v) is 7.30. The molecule has 2 rings (SSSR count). The minimum Gasteiger partial charge on any atom is -0.494 e. The van der Waals surface area contributed by atoms with Gasteiger partial charge in [-0.2, -0.15) is 10.3 Å². The molecule has 1 N–H and O–H groups in total. The zero-order valence-corrected chi connectivity index (χ0v) is 17.9. The molecule has 160 valence electrons. The number of esters is 1. The van der Waals surface area contributed by atoms with Gasteiger partial charge in [0, 0.05) is 5.56 Å². The molecule has 0 spiro atoms. The molecule has 0 radical (unpaired) electrons. The Morgan fingerprint density at radius 1 is 0.862 bits per heavy atom. The van der Waals surface area contributed by atoms with Gasteiger partial charge in [-0.15, -0.1) is 5.10 Å². The number of aromatic nitrogens is 3. The van der Waals surface area contributed by atoms with Crippen LogP contribution < -0.4 is 4.74 Å². The van der Waals surface area contributed by atoms with Crippen LogP contribution in [0.4, 0.5) is 0 Å². The van der Waals surface area contributed by atoms with E-state index in [1.807, 2.05) is 24.3 Å². The van der Waals surface area contributed by atoms with Crippen molar-refractivity contribution in [3.05, 3.63) is 30.0 Å². The van der Waals surface area contributed by atoms with Gasteiger partial charge in [-0.3, -0.25) is 0 Å². The number of nitrogens with zero attached hydrogens (tertiary/aromatic N) is 2. The second-order valence-electron chi connectivity index (χ2n) is 7.30. The van der Waals surface area contributed by atoms with Gasteiger partial charge in [0.25, 0.3) is 0 Å². The van der Waals surface area contributed by atoms with Crippen molar-refractivity contribution in [2.75, 3.05) is 13.2 Å². The van der Waals surface area contributed by atoms with Crippen molar-refractivity contribution in [3.63, 3.8) is 0 Å². The van der Waals surface area contributed by atoms with Crippen LogP contribution in [0.5, 0.6) is 5.75 Å². The van der Waals surface area contributed by atoms with E-state index >= 15 is 0 Å². The van der Waals surface area contributed by atoms with Crippen LogP contribution in [0.1, 0.15) is 88.5 Å². The number of aromatic amines is 1. The van der Waals surface area contributed by atoms with E-state index in [-0.39, 0.29) is 5.69 Å². The average molecular weight is 402 g/mol. The molecule has 0 amide bonds. The van der Waals surface area contributed by atoms with Crippen LogP contribution in [0.15, 0.2) is 24.3 Å². The molecule has 2 aromatic rings. The maximum atomic E-state index is 11.9. The molecule has 29 heavy (non-hydrogen) atoms. The van der Waals surface area contributed by atoms with E-state index in [1.165, 1.54) is 57.8 Å². The van der Waals surface area contributed by atoms with Crippen LogP contribution in [0, 0.1) is 0 Å². The Hall–Kier alpha value is -2.37. The van der Waals surface area contributed by atoms with Gasteiger partial charge in [-0.25, -0.2) is 4.79 Å². The normalized spacial score (nSPS) is 10.8. The van der Waals surface area contributed by atoms with E-state index in [2.05, 4.69) is 22.3 Å². The summed E-state index contributed by atoms with van der Waals surface area (Å²) in [5, 5.41) is 10.5. The zero-order valence-electron chi connectivity index (χ0n) is 17.9. The highest BCUT2D eigenvalue weighted by Crippen LogP contribution is 2.23. The molecule has 0 saturated carbocycles. The highest BCUT2D eigenvalue weighted by Gasteiger charge is 2.18. The molecule has 0 aliphatic heterocycles. The Morgan fingerprint density at radius 3 is 2.10 bits per heavy atom. The summed E-state index contributed by atoms with van der Waals surface area (Å²) in [7, 11) is 0. The van der Waals surface area contributed by atoms with Crippen LogP contribution in [0.3, 0.4) is 0 Å². The van der Waals surface area contributed by atoms with E-state index in [4.69, 9.17) is 9.47 Å². The topological polar surface area (TPSA) is 77.1 Å². The number of rotatable bonds is 15. The molecule has 6 heteroatoms. The largest absolute Gasteiger partial charge is 0.494 e. The van der Waals surface area contributed by atoms with Crippen LogP contribution in [0.25, 0.3) is 11.3 Å². The van der Waals surface area contributed by atoms with Gasteiger partial charge in [-0.1, -0.05) is 64.7 Å². The lowest BCUT2D eigenvalue weighted by Gasteiger charge is -2.07. The highest BCUT2D eigenvalue weighted by molar-refractivity contribution is 5.93. The van der Waals surface area contributed by atoms with Crippen molar-refractivity contribution < 1.29 is 14.3 Å². The molecule has 0 unspecified atom stereocenters. The highest BCUT2D eigenvalue weighted by atomic mass is 16.5. The Kier molecular flexibility index (Phi) is 10.9. The summed E-state index contributed by atoms with van der Waals surface area (Å²) in [5.41, 5.74) is 1.49. The van der Waals surface area contributed by atoms with Crippen molar-refractivity contribution in [1.29, 1.82) is 0 Å². The first-order valence-electron chi connectivity index (χ1n) is 11.1. The molecule has 1 aromatic heterocycles. The first-order valence-corrected chi connectivity index (χ1v) is 11.1. The summed E-state index contributed by atoms with van der Waals surface area (Å²) < 4.78 is 10.8.